The number of benzene rings is 1. The van der Waals surface area contributed by atoms with Crippen LogP contribution in [0.25, 0.3) is 0 Å². The van der Waals surface area contributed by atoms with Crippen molar-refractivity contribution in [2.75, 3.05) is 0 Å². The molecule has 1 rings (SSSR count). The molecule has 1 atom stereocenters. The van der Waals surface area contributed by atoms with E-state index in [2.05, 4.69) is 42.7 Å². The number of nitrogens with one attached hydrogen (secondary N) is 1. The first-order chi connectivity index (χ1) is 7.72. The summed E-state index contributed by atoms with van der Waals surface area (Å²) in [6.07, 6.45) is 4.56. The Bertz CT molecular complexity index is 330. The van der Waals surface area contributed by atoms with Crippen molar-refractivity contribution in [1.29, 1.82) is 0 Å². The Kier molecular flexibility index (Phi) is 5.20. The predicted molar refractivity (Wildman–Crippen MR) is 69.8 cm³/mol. The van der Waals surface area contributed by atoms with Crippen LogP contribution in [0, 0.1) is 0 Å². The molecule has 1 aromatic carbocycles. The van der Waals surface area contributed by atoms with Crippen molar-refractivity contribution in [3.63, 3.8) is 0 Å². The second kappa shape index (κ2) is 6.72. The highest BCUT2D eigenvalue weighted by Gasteiger charge is 2.07. The monoisotopic (exact) mass is 216 g/mol. The zero-order valence-corrected chi connectivity index (χ0v) is 9.65. The first-order valence-electron chi connectivity index (χ1n) is 5.56. The van der Waals surface area contributed by atoms with E-state index in [1.807, 2.05) is 6.07 Å². The molecule has 0 heterocycles. The van der Waals surface area contributed by atoms with Gasteiger partial charge in [-0.1, -0.05) is 43.5 Å². The third kappa shape index (κ3) is 4.69. The van der Waals surface area contributed by atoms with Gasteiger partial charge in [-0.05, 0) is 31.0 Å². The minimum Gasteiger partial charge on any atom is -0.403 e. The van der Waals surface area contributed by atoms with Gasteiger partial charge < -0.3 is 11.1 Å². The van der Waals surface area contributed by atoms with Crippen LogP contribution in [0.4, 0.5) is 0 Å². The number of hydrogen-bond acceptors (Lipinski definition) is 2. The zero-order chi connectivity index (χ0) is 11.8. The van der Waals surface area contributed by atoms with Crippen LogP contribution < -0.4 is 11.1 Å². The molecule has 3 N–H and O–H groups in total. The molecule has 2 nitrogen and oxygen atoms in total. The summed E-state index contributed by atoms with van der Waals surface area (Å²) >= 11 is 0. The molecule has 0 radical (unpaired) electrons. The van der Waals surface area contributed by atoms with Crippen molar-refractivity contribution in [3.05, 3.63) is 61.0 Å². The van der Waals surface area contributed by atoms with Gasteiger partial charge in [0.15, 0.2) is 0 Å². The van der Waals surface area contributed by atoms with Crippen LogP contribution in [-0.4, -0.2) is 6.04 Å². The summed E-state index contributed by atoms with van der Waals surface area (Å²) in [6.45, 7) is 7.42. The van der Waals surface area contributed by atoms with Crippen molar-refractivity contribution < 1.29 is 0 Å². The maximum Gasteiger partial charge on any atom is 0.0299 e. The van der Waals surface area contributed by atoms with Gasteiger partial charge in [0.05, 0.1) is 0 Å². The number of nitrogens with two attached hydrogens (primary N) is 1. The standard InChI is InChI=1S/C14H20N2/c1-3-16-14(10-9-12(2)15)11-13-7-5-4-6-8-13/h3-8,14,16H,1-2,9-11,15H2. The van der Waals surface area contributed by atoms with Gasteiger partial charge in [0.1, 0.15) is 0 Å². The molecular weight excluding hydrogens is 196 g/mol. The lowest BCUT2D eigenvalue weighted by Crippen LogP contribution is -2.27. The van der Waals surface area contributed by atoms with Gasteiger partial charge >= 0.3 is 0 Å². The predicted octanol–water partition coefficient (Wildman–Crippen LogP) is 2.58. The third-order valence-corrected chi connectivity index (χ3v) is 2.49. The molecule has 0 saturated heterocycles. The molecule has 0 amide bonds. The molecule has 1 aromatic rings. The fraction of sp³-hybridized carbons (Fsp3) is 0.286. The Labute approximate surface area is 97.9 Å². The Morgan fingerprint density at radius 3 is 2.62 bits per heavy atom. The van der Waals surface area contributed by atoms with E-state index < -0.39 is 0 Å². The highest BCUT2D eigenvalue weighted by molar-refractivity contribution is 5.16. The van der Waals surface area contributed by atoms with Gasteiger partial charge in [-0.15, -0.1) is 0 Å². The lowest BCUT2D eigenvalue weighted by Gasteiger charge is -2.17. The van der Waals surface area contributed by atoms with Gasteiger partial charge in [-0.2, -0.15) is 0 Å². The van der Waals surface area contributed by atoms with Gasteiger partial charge in [-0.25, -0.2) is 0 Å². The van der Waals surface area contributed by atoms with Crippen LogP contribution >= 0.6 is 0 Å². The summed E-state index contributed by atoms with van der Waals surface area (Å²) in [4.78, 5) is 0. The molecular formula is C14H20N2. The van der Waals surface area contributed by atoms with Gasteiger partial charge in [0, 0.05) is 11.7 Å². The van der Waals surface area contributed by atoms with E-state index >= 15 is 0 Å². The molecule has 2 heteroatoms. The highest BCUT2D eigenvalue weighted by atomic mass is 14.9. The number of allylic oxidation sites excluding steroid dienone is 1. The zero-order valence-electron chi connectivity index (χ0n) is 9.65. The van der Waals surface area contributed by atoms with Gasteiger partial charge in [-0.3, -0.25) is 0 Å². The average Bonchev–Trinajstić information content (AvgIpc) is 2.27. The lowest BCUT2D eigenvalue weighted by atomic mass is 10.0. The molecule has 0 aliphatic rings. The van der Waals surface area contributed by atoms with E-state index in [-0.39, 0.29) is 0 Å². The lowest BCUT2D eigenvalue weighted by molar-refractivity contribution is 0.538. The molecule has 0 aliphatic carbocycles. The van der Waals surface area contributed by atoms with E-state index in [1.54, 1.807) is 6.20 Å². The molecule has 0 aromatic heterocycles. The molecule has 86 valence electrons. The molecule has 0 aliphatic heterocycles. The smallest absolute Gasteiger partial charge is 0.0299 e. The molecule has 0 bridgehead atoms. The van der Waals surface area contributed by atoms with Crippen molar-refractivity contribution in [2.45, 2.75) is 25.3 Å². The van der Waals surface area contributed by atoms with E-state index in [9.17, 15) is 0 Å². The van der Waals surface area contributed by atoms with Crippen LogP contribution in [0.2, 0.25) is 0 Å². The van der Waals surface area contributed by atoms with E-state index in [0.717, 1.165) is 25.0 Å². The third-order valence-electron chi connectivity index (χ3n) is 2.49. The fourth-order valence-electron chi connectivity index (χ4n) is 1.67. The quantitative estimate of drug-likeness (QED) is 0.735. The van der Waals surface area contributed by atoms with E-state index in [1.165, 1.54) is 5.56 Å². The molecule has 0 fully saturated rings. The topological polar surface area (TPSA) is 38.0 Å². The summed E-state index contributed by atoms with van der Waals surface area (Å²) < 4.78 is 0. The van der Waals surface area contributed by atoms with Crippen molar-refractivity contribution in [3.8, 4) is 0 Å². The first kappa shape index (κ1) is 12.4. The maximum absolute atomic E-state index is 5.58. The molecule has 16 heavy (non-hydrogen) atoms. The number of rotatable bonds is 7. The average molecular weight is 216 g/mol. The Morgan fingerprint density at radius 1 is 1.38 bits per heavy atom. The summed E-state index contributed by atoms with van der Waals surface area (Å²) in [5.41, 5.74) is 7.65. The normalized spacial score (nSPS) is 11.8. The van der Waals surface area contributed by atoms with Gasteiger partial charge in [0.25, 0.3) is 0 Å². The van der Waals surface area contributed by atoms with Crippen LogP contribution in [0.15, 0.2) is 55.4 Å². The molecule has 0 spiro atoms. The molecule has 1 unspecified atom stereocenters. The fourth-order valence-corrected chi connectivity index (χ4v) is 1.67. The van der Waals surface area contributed by atoms with Gasteiger partial charge in [0.2, 0.25) is 0 Å². The Balaban J connectivity index is 2.50. The van der Waals surface area contributed by atoms with Crippen molar-refractivity contribution >= 4 is 0 Å². The summed E-state index contributed by atoms with van der Waals surface area (Å²) in [6, 6.07) is 10.8. The molecule has 0 saturated carbocycles. The Morgan fingerprint density at radius 2 is 2.06 bits per heavy atom. The highest BCUT2D eigenvalue weighted by Crippen LogP contribution is 2.09. The second-order valence-electron chi connectivity index (χ2n) is 3.95. The minimum absolute atomic E-state index is 0.375. The summed E-state index contributed by atoms with van der Waals surface area (Å²) in [5, 5.41) is 3.25. The van der Waals surface area contributed by atoms with Crippen LogP contribution in [0.1, 0.15) is 18.4 Å². The van der Waals surface area contributed by atoms with Crippen LogP contribution in [-0.2, 0) is 6.42 Å². The SMILES string of the molecule is C=CNC(CCC(=C)N)Cc1ccccc1. The van der Waals surface area contributed by atoms with E-state index in [0.29, 0.717) is 6.04 Å². The minimum atomic E-state index is 0.375. The number of hydrogen-bond donors (Lipinski definition) is 2. The summed E-state index contributed by atoms with van der Waals surface area (Å²) in [5.74, 6) is 0. The van der Waals surface area contributed by atoms with Crippen molar-refractivity contribution in [1.82, 2.24) is 5.32 Å². The Hall–Kier alpha value is -1.70. The van der Waals surface area contributed by atoms with Crippen LogP contribution in [0.3, 0.4) is 0 Å². The van der Waals surface area contributed by atoms with E-state index in [4.69, 9.17) is 5.73 Å². The van der Waals surface area contributed by atoms with Crippen molar-refractivity contribution in [2.24, 2.45) is 5.73 Å². The largest absolute Gasteiger partial charge is 0.403 e. The second-order valence-corrected chi connectivity index (χ2v) is 3.95. The van der Waals surface area contributed by atoms with Crippen LogP contribution in [0.5, 0.6) is 0 Å². The summed E-state index contributed by atoms with van der Waals surface area (Å²) in [7, 11) is 0. The maximum atomic E-state index is 5.58. The first-order valence-corrected chi connectivity index (χ1v) is 5.56.